The number of amides is 1. The molecule has 2 aromatic carbocycles. The predicted molar refractivity (Wildman–Crippen MR) is 94.3 cm³/mol. The maximum atomic E-state index is 11.8. The molecule has 0 saturated heterocycles. The molecule has 2 aromatic rings. The zero-order chi connectivity index (χ0) is 15.7. The van der Waals surface area contributed by atoms with Crippen molar-refractivity contribution < 1.29 is 4.79 Å². The molecule has 0 saturated carbocycles. The van der Waals surface area contributed by atoms with Crippen LogP contribution < -0.4 is 4.59 Å². The topological polar surface area (TPSA) is 29.4 Å². The van der Waals surface area contributed by atoms with Crippen molar-refractivity contribution in [2.24, 2.45) is 5.10 Å². The molecule has 1 aliphatic heterocycles. The molecule has 0 spiro atoms. The second kappa shape index (κ2) is 5.97. The van der Waals surface area contributed by atoms with Gasteiger partial charge in [-0.15, -0.1) is 0 Å². The fourth-order valence-corrected chi connectivity index (χ4v) is 3.26. The average Bonchev–Trinajstić information content (AvgIpc) is 2.85. The SMILES string of the molecule is O=C[N+]1(c2cccc(Cl)c2)N=C(c2ccccc2Cl)C=C1Br. The van der Waals surface area contributed by atoms with E-state index in [1.54, 1.807) is 36.4 Å². The van der Waals surface area contributed by atoms with E-state index in [1.165, 1.54) is 0 Å². The van der Waals surface area contributed by atoms with Crippen LogP contribution >= 0.6 is 39.1 Å². The summed E-state index contributed by atoms with van der Waals surface area (Å²) in [5.74, 6) is 0. The highest BCUT2D eigenvalue weighted by Gasteiger charge is 2.41. The Morgan fingerprint density at radius 3 is 2.55 bits per heavy atom. The van der Waals surface area contributed by atoms with Crippen molar-refractivity contribution in [1.29, 1.82) is 0 Å². The quantitative estimate of drug-likeness (QED) is 0.402. The highest BCUT2D eigenvalue weighted by molar-refractivity contribution is 9.11. The lowest BCUT2D eigenvalue weighted by Crippen LogP contribution is -2.37. The van der Waals surface area contributed by atoms with E-state index in [0.717, 1.165) is 12.0 Å². The van der Waals surface area contributed by atoms with Gasteiger partial charge >= 0.3 is 6.41 Å². The van der Waals surface area contributed by atoms with E-state index < -0.39 is 0 Å². The molecule has 3 nitrogen and oxygen atoms in total. The van der Waals surface area contributed by atoms with Gasteiger partial charge in [0.1, 0.15) is 5.71 Å². The number of nitrogens with zero attached hydrogens (tertiary/aromatic N) is 2. The Morgan fingerprint density at radius 2 is 1.86 bits per heavy atom. The van der Waals surface area contributed by atoms with E-state index in [-0.39, 0.29) is 4.59 Å². The summed E-state index contributed by atoms with van der Waals surface area (Å²) in [5.41, 5.74) is 2.04. The Morgan fingerprint density at radius 1 is 1.09 bits per heavy atom. The second-order valence-corrected chi connectivity index (χ2v) is 6.36. The molecule has 110 valence electrons. The van der Waals surface area contributed by atoms with Crippen molar-refractivity contribution in [2.45, 2.75) is 0 Å². The second-order valence-electron chi connectivity index (χ2n) is 4.70. The molecule has 1 unspecified atom stereocenters. The Kier molecular flexibility index (Phi) is 4.19. The van der Waals surface area contributed by atoms with Crippen molar-refractivity contribution >= 4 is 56.9 Å². The van der Waals surface area contributed by atoms with Crippen LogP contribution in [-0.4, -0.2) is 12.1 Å². The van der Waals surface area contributed by atoms with Gasteiger partial charge in [-0.25, -0.2) is 4.79 Å². The highest BCUT2D eigenvalue weighted by atomic mass is 79.9. The third kappa shape index (κ3) is 2.52. The standard InChI is InChI=1S/C16H10BrCl2N2O/c17-16-9-15(13-6-1-2-7-14(13)19)20-21(16,10-22)12-5-3-4-11(18)8-12/h1-10H/q+1. The van der Waals surface area contributed by atoms with Crippen LogP contribution in [0.3, 0.4) is 0 Å². The molecule has 0 N–H and O–H groups in total. The summed E-state index contributed by atoms with van der Waals surface area (Å²) in [6, 6.07) is 14.4. The lowest BCUT2D eigenvalue weighted by molar-refractivity contribution is -0.115. The molecule has 0 bridgehead atoms. The molecule has 0 aliphatic carbocycles. The summed E-state index contributed by atoms with van der Waals surface area (Å²) in [6.45, 7) is 0. The van der Waals surface area contributed by atoms with Crippen LogP contribution in [0.2, 0.25) is 10.0 Å². The minimum atomic E-state index is -0.332. The monoisotopic (exact) mass is 395 g/mol. The van der Waals surface area contributed by atoms with E-state index in [9.17, 15) is 4.79 Å². The number of quaternary nitrogens is 1. The summed E-state index contributed by atoms with van der Waals surface area (Å²) >= 11 is 15.7. The Balaban J connectivity index is 2.17. The number of halogens is 3. The zero-order valence-electron chi connectivity index (χ0n) is 11.2. The lowest BCUT2D eigenvalue weighted by atomic mass is 10.1. The first-order chi connectivity index (χ1) is 10.6. The maximum absolute atomic E-state index is 11.8. The van der Waals surface area contributed by atoms with E-state index in [4.69, 9.17) is 23.2 Å². The molecule has 3 rings (SSSR count). The van der Waals surface area contributed by atoms with Crippen molar-refractivity contribution in [1.82, 2.24) is 4.59 Å². The van der Waals surface area contributed by atoms with Crippen molar-refractivity contribution in [3.63, 3.8) is 0 Å². The number of carbonyl (C=O) groups is 1. The van der Waals surface area contributed by atoms with Gasteiger partial charge in [0.25, 0.3) is 0 Å². The van der Waals surface area contributed by atoms with E-state index in [2.05, 4.69) is 21.0 Å². The summed E-state index contributed by atoms with van der Waals surface area (Å²) < 4.78 is 0.265. The normalized spacial score (nSPS) is 20.5. The van der Waals surface area contributed by atoms with Gasteiger partial charge in [-0.2, -0.15) is 0 Å². The third-order valence-electron chi connectivity index (χ3n) is 3.35. The van der Waals surface area contributed by atoms with Gasteiger partial charge in [0.2, 0.25) is 4.61 Å². The number of carbonyl (C=O) groups excluding carboxylic acids is 1. The summed E-state index contributed by atoms with van der Waals surface area (Å²) in [6.07, 6.45) is 2.53. The predicted octanol–water partition coefficient (Wildman–Crippen LogP) is 5.11. The van der Waals surface area contributed by atoms with E-state index >= 15 is 0 Å². The van der Waals surface area contributed by atoms with Crippen molar-refractivity contribution in [3.8, 4) is 0 Å². The summed E-state index contributed by atoms with van der Waals surface area (Å²) in [5, 5.41) is 5.68. The molecule has 1 aliphatic rings. The van der Waals surface area contributed by atoms with E-state index in [0.29, 0.717) is 26.1 Å². The van der Waals surface area contributed by atoms with Crippen molar-refractivity contribution in [2.75, 3.05) is 0 Å². The van der Waals surface area contributed by atoms with E-state index in [1.807, 2.05) is 18.2 Å². The fraction of sp³-hybridized carbons (Fsp3) is 0. The number of allylic oxidation sites excluding steroid dienone is 1. The van der Waals surface area contributed by atoms with Crippen LogP contribution in [0.25, 0.3) is 0 Å². The van der Waals surface area contributed by atoms with Gasteiger partial charge in [0, 0.05) is 44.7 Å². The minimum Gasteiger partial charge on any atom is -0.230 e. The first-order valence-corrected chi connectivity index (χ1v) is 7.96. The molecule has 6 heteroatoms. The molecule has 1 atom stereocenters. The van der Waals surface area contributed by atoms with Crippen LogP contribution in [-0.2, 0) is 4.79 Å². The molecule has 0 fully saturated rings. The lowest BCUT2D eigenvalue weighted by Gasteiger charge is -2.20. The number of hydrogen-bond donors (Lipinski definition) is 0. The first kappa shape index (κ1) is 15.4. The van der Waals surface area contributed by atoms with Gasteiger partial charge in [-0.3, -0.25) is 0 Å². The van der Waals surface area contributed by atoms with Gasteiger partial charge in [0.15, 0.2) is 5.69 Å². The highest BCUT2D eigenvalue weighted by Crippen LogP contribution is 2.37. The smallest absolute Gasteiger partial charge is 0.230 e. The maximum Gasteiger partial charge on any atom is 0.338 e. The van der Waals surface area contributed by atoms with Gasteiger partial charge < -0.3 is 0 Å². The Hall–Kier alpha value is -1.46. The van der Waals surface area contributed by atoms with Crippen LogP contribution in [0.1, 0.15) is 5.56 Å². The van der Waals surface area contributed by atoms with Crippen LogP contribution in [0, 0.1) is 0 Å². The third-order valence-corrected chi connectivity index (χ3v) is 4.69. The largest absolute Gasteiger partial charge is 0.338 e. The minimum absolute atomic E-state index is 0.332. The first-order valence-electron chi connectivity index (χ1n) is 6.41. The van der Waals surface area contributed by atoms with Crippen LogP contribution in [0.5, 0.6) is 0 Å². The van der Waals surface area contributed by atoms with Crippen LogP contribution in [0.4, 0.5) is 5.69 Å². The molecular weight excluding hydrogens is 387 g/mol. The van der Waals surface area contributed by atoms with Crippen LogP contribution in [0.15, 0.2) is 64.3 Å². The summed E-state index contributed by atoms with van der Waals surface area (Å²) in [7, 11) is 0. The van der Waals surface area contributed by atoms with Crippen molar-refractivity contribution in [3.05, 3.63) is 74.8 Å². The fourth-order valence-electron chi connectivity index (χ4n) is 2.26. The Labute approximate surface area is 146 Å². The molecule has 1 amide bonds. The zero-order valence-corrected chi connectivity index (χ0v) is 14.3. The average molecular weight is 397 g/mol. The summed E-state index contributed by atoms with van der Waals surface area (Å²) in [4.78, 5) is 11.8. The molecular formula is C16H10BrCl2N2O+. The van der Waals surface area contributed by atoms with Gasteiger partial charge in [-0.1, -0.05) is 57.2 Å². The molecule has 22 heavy (non-hydrogen) atoms. The molecule has 0 aromatic heterocycles. The number of rotatable bonds is 3. The number of hydrogen-bond acceptors (Lipinski definition) is 2. The van der Waals surface area contributed by atoms with Gasteiger partial charge in [0.05, 0.1) is 5.02 Å². The Bertz CT molecular complexity index is 819. The van der Waals surface area contributed by atoms with Gasteiger partial charge in [-0.05, 0) is 12.1 Å². The molecule has 1 heterocycles. The molecule has 0 radical (unpaired) electrons. The number of benzene rings is 2.